The zero-order chi connectivity index (χ0) is 8.10. The number of hydrogen-bond acceptors (Lipinski definition) is 4. The number of nitrogens with zero attached hydrogens (tertiary/aromatic N) is 2. The van der Waals surface area contributed by atoms with Crippen molar-refractivity contribution >= 4 is 12.1 Å². The van der Waals surface area contributed by atoms with E-state index in [2.05, 4.69) is 15.3 Å². The number of nitrogens with one attached hydrogen (secondary N) is 1. The Hall–Kier alpha value is -0.900. The van der Waals surface area contributed by atoms with Crippen molar-refractivity contribution < 1.29 is 5.11 Å². The molecule has 0 saturated heterocycles. The summed E-state index contributed by atoms with van der Waals surface area (Å²) in [7, 11) is 0. The van der Waals surface area contributed by atoms with Crippen LogP contribution in [0.15, 0.2) is 9.98 Å². The molecule has 4 heteroatoms. The molecular weight excluding hydrogens is 142 g/mol. The Labute approximate surface area is 66.1 Å². The van der Waals surface area contributed by atoms with Gasteiger partial charge in [-0.05, 0) is 6.92 Å². The highest BCUT2D eigenvalue weighted by Gasteiger charge is 1.99. The second-order valence-corrected chi connectivity index (χ2v) is 2.53. The normalized spacial score (nSPS) is 19.3. The van der Waals surface area contributed by atoms with Gasteiger partial charge in [0.25, 0.3) is 0 Å². The van der Waals surface area contributed by atoms with Crippen LogP contribution in [-0.4, -0.2) is 42.9 Å². The molecule has 0 saturated carbocycles. The van der Waals surface area contributed by atoms with Gasteiger partial charge in [-0.3, -0.25) is 9.98 Å². The highest BCUT2D eigenvalue weighted by molar-refractivity contribution is 6.29. The fraction of sp³-hybridized carbons (Fsp3) is 0.714. The Morgan fingerprint density at radius 3 is 3.09 bits per heavy atom. The van der Waals surface area contributed by atoms with Crippen LogP contribution in [-0.2, 0) is 0 Å². The van der Waals surface area contributed by atoms with Crippen LogP contribution in [0.4, 0.5) is 0 Å². The smallest absolute Gasteiger partial charge is 0.139 e. The van der Waals surface area contributed by atoms with E-state index in [1.54, 1.807) is 13.1 Å². The van der Waals surface area contributed by atoms with Crippen molar-refractivity contribution in [2.24, 2.45) is 9.98 Å². The van der Waals surface area contributed by atoms with Crippen molar-refractivity contribution in [3.8, 4) is 0 Å². The monoisotopic (exact) mass is 155 g/mol. The number of hydrogen-bond donors (Lipinski definition) is 2. The molecule has 0 spiro atoms. The average Bonchev–Trinajstić information content (AvgIpc) is 2.03. The molecule has 1 atom stereocenters. The molecule has 62 valence electrons. The van der Waals surface area contributed by atoms with Crippen molar-refractivity contribution in [3.05, 3.63) is 0 Å². The molecule has 0 aromatic heterocycles. The zero-order valence-electron chi connectivity index (χ0n) is 6.62. The van der Waals surface area contributed by atoms with E-state index in [0.717, 1.165) is 18.9 Å². The van der Waals surface area contributed by atoms with E-state index in [-0.39, 0.29) is 6.10 Å². The number of aliphatic hydroxyl groups is 1. The molecule has 1 aliphatic heterocycles. The standard InChI is InChI=1S/C7H13N3O/c1-6(11)4-10-7-5-8-2-3-9-7/h5-6,11H,2-4H2,1H3,(H,9,10). The lowest BCUT2D eigenvalue weighted by molar-refractivity contribution is 0.198. The summed E-state index contributed by atoms with van der Waals surface area (Å²) in [5, 5.41) is 11.9. The van der Waals surface area contributed by atoms with Crippen LogP contribution in [0, 0.1) is 0 Å². The lowest BCUT2D eigenvalue weighted by atomic mass is 10.4. The molecule has 2 N–H and O–H groups in total. The second kappa shape index (κ2) is 4.08. The van der Waals surface area contributed by atoms with E-state index < -0.39 is 0 Å². The van der Waals surface area contributed by atoms with Gasteiger partial charge in [-0.1, -0.05) is 0 Å². The molecule has 4 nitrogen and oxygen atoms in total. The largest absolute Gasteiger partial charge is 0.392 e. The van der Waals surface area contributed by atoms with Crippen LogP contribution < -0.4 is 5.32 Å². The molecule has 1 rings (SSSR count). The average molecular weight is 155 g/mol. The summed E-state index contributed by atoms with van der Waals surface area (Å²) in [6.07, 6.45) is 1.36. The first-order valence-corrected chi connectivity index (χ1v) is 3.75. The molecule has 0 aromatic carbocycles. The fourth-order valence-electron chi connectivity index (χ4n) is 0.774. The fourth-order valence-corrected chi connectivity index (χ4v) is 0.774. The van der Waals surface area contributed by atoms with Gasteiger partial charge < -0.3 is 10.4 Å². The van der Waals surface area contributed by atoms with Gasteiger partial charge >= 0.3 is 0 Å². The maximum absolute atomic E-state index is 8.92. The zero-order valence-corrected chi connectivity index (χ0v) is 6.62. The van der Waals surface area contributed by atoms with Crippen LogP contribution in [0.3, 0.4) is 0 Å². The first-order chi connectivity index (χ1) is 5.29. The van der Waals surface area contributed by atoms with E-state index in [1.165, 1.54) is 0 Å². The van der Waals surface area contributed by atoms with E-state index in [0.29, 0.717) is 6.54 Å². The molecule has 0 bridgehead atoms. The quantitative estimate of drug-likeness (QED) is 0.561. The predicted molar refractivity (Wildman–Crippen MR) is 45.3 cm³/mol. The van der Waals surface area contributed by atoms with Gasteiger partial charge in [-0.25, -0.2) is 0 Å². The van der Waals surface area contributed by atoms with Crippen LogP contribution in [0.5, 0.6) is 0 Å². The summed E-state index contributed by atoms with van der Waals surface area (Å²) < 4.78 is 0. The summed E-state index contributed by atoms with van der Waals surface area (Å²) in [5.74, 6) is 0.775. The first kappa shape index (κ1) is 8.20. The molecule has 0 radical (unpaired) electrons. The minimum absolute atomic E-state index is 0.340. The third-order valence-corrected chi connectivity index (χ3v) is 1.30. The van der Waals surface area contributed by atoms with Crippen LogP contribution >= 0.6 is 0 Å². The van der Waals surface area contributed by atoms with E-state index in [1.807, 2.05) is 0 Å². The van der Waals surface area contributed by atoms with Crippen molar-refractivity contribution in [2.75, 3.05) is 19.6 Å². The lowest BCUT2D eigenvalue weighted by Crippen LogP contribution is -2.33. The third kappa shape index (κ3) is 3.13. The summed E-state index contributed by atoms with van der Waals surface area (Å²) in [6.45, 7) is 3.79. The number of rotatable bonds is 2. The number of amidine groups is 1. The molecule has 0 amide bonds. The maximum Gasteiger partial charge on any atom is 0.139 e. The molecule has 1 unspecified atom stereocenters. The highest BCUT2D eigenvalue weighted by atomic mass is 16.3. The Morgan fingerprint density at radius 1 is 1.73 bits per heavy atom. The Balaban J connectivity index is 2.25. The summed E-state index contributed by atoms with van der Waals surface area (Å²) in [4.78, 5) is 8.18. The number of aliphatic hydroxyl groups excluding tert-OH is 1. The SMILES string of the molecule is CC(O)CNC1=NCCN=C1. The van der Waals surface area contributed by atoms with Crippen LogP contribution in [0.25, 0.3) is 0 Å². The lowest BCUT2D eigenvalue weighted by Gasteiger charge is -2.09. The molecule has 0 aliphatic carbocycles. The van der Waals surface area contributed by atoms with E-state index >= 15 is 0 Å². The van der Waals surface area contributed by atoms with Gasteiger partial charge in [0.2, 0.25) is 0 Å². The minimum atomic E-state index is -0.340. The second-order valence-electron chi connectivity index (χ2n) is 2.53. The predicted octanol–water partition coefficient (Wildman–Crippen LogP) is -0.560. The first-order valence-electron chi connectivity index (χ1n) is 3.75. The topological polar surface area (TPSA) is 57.0 Å². The molecule has 0 aromatic rings. The number of aliphatic imine (C=N–C) groups is 2. The van der Waals surface area contributed by atoms with Gasteiger partial charge in [0.1, 0.15) is 5.84 Å². The van der Waals surface area contributed by atoms with E-state index in [4.69, 9.17) is 5.11 Å². The van der Waals surface area contributed by atoms with Crippen molar-refractivity contribution in [1.29, 1.82) is 0 Å². The Bertz CT molecular complexity index is 175. The Morgan fingerprint density at radius 2 is 2.55 bits per heavy atom. The van der Waals surface area contributed by atoms with Crippen LogP contribution in [0.1, 0.15) is 6.92 Å². The summed E-state index contributed by atoms with van der Waals surface area (Å²) in [6, 6.07) is 0. The maximum atomic E-state index is 8.92. The van der Waals surface area contributed by atoms with E-state index in [9.17, 15) is 0 Å². The van der Waals surface area contributed by atoms with Gasteiger partial charge in [-0.15, -0.1) is 0 Å². The molecule has 1 aliphatic rings. The van der Waals surface area contributed by atoms with Gasteiger partial charge in [0.15, 0.2) is 0 Å². The molecular formula is C7H13N3O. The molecule has 11 heavy (non-hydrogen) atoms. The molecule has 1 heterocycles. The summed E-state index contributed by atoms with van der Waals surface area (Å²) >= 11 is 0. The summed E-state index contributed by atoms with van der Waals surface area (Å²) in [5.41, 5.74) is 0. The van der Waals surface area contributed by atoms with Crippen LogP contribution in [0.2, 0.25) is 0 Å². The van der Waals surface area contributed by atoms with Crippen molar-refractivity contribution in [2.45, 2.75) is 13.0 Å². The van der Waals surface area contributed by atoms with Gasteiger partial charge in [-0.2, -0.15) is 0 Å². The van der Waals surface area contributed by atoms with Crippen molar-refractivity contribution in [3.63, 3.8) is 0 Å². The van der Waals surface area contributed by atoms with Gasteiger partial charge in [0.05, 0.1) is 25.4 Å². The van der Waals surface area contributed by atoms with Gasteiger partial charge in [0, 0.05) is 6.54 Å². The third-order valence-electron chi connectivity index (χ3n) is 1.30. The minimum Gasteiger partial charge on any atom is -0.392 e. The van der Waals surface area contributed by atoms with Crippen molar-refractivity contribution in [1.82, 2.24) is 5.32 Å². The molecule has 0 fully saturated rings. The Kier molecular flexibility index (Phi) is 3.04. The highest BCUT2D eigenvalue weighted by Crippen LogP contribution is 1.84.